The van der Waals surface area contributed by atoms with E-state index in [1.807, 2.05) is 61.0 Å². The predicted octanol–water partition coefficient (Wildman–Crippen LogP) is 4.27. The van der Waals surface area contributed by atoms with Gasteiger partial charge in [0.2, 0.25) is 0 Å². The molecule has 2 aromatic carbocycles. The Hall–Kier alpha value is -2.66. The summed E-state index contributed by atoms with van der Waals surface area (Å²) in [5.74, 6) is 1.35. The molecule has 0 bridgehead atoms. The van der Waals surface area contributed by atoms with Gasteiger partial charge in [-0.15, -0.1) is 0 Å². The first-order chi connectivity index (χ1) is 13.1. The van der Waals surface area contributed by atoms with E-state index in [1.165, 1.54) is 0 Å². The number of para-hydroxylation sites is 2. The number of aryl methyl sites for hydroxylation is 1. The van der Waals surface area contributed by atoms with Crippen molar-refractivity contribution >= 4 is 28.4 Å². The molecule has 0 saturated heterocycles. The van der Waals surface area contributed by atoms with Crippen LogP contribution in [0, 0.1) is 0 Å². The van der Waals surface area contributed by atoms with Crippen LogP contribution in [0.25, 0.3) is 10.9 Å². The topological polar surface area (TPSA) is 43.7 Å². The molecule has 1 aliphatic rings. The minimum Gasteiger partial charge on any atom is -0.486 e. The normalized spacial score (nSPS) is 13.0. The van der Waals surface area contributed by atoms with Gasteiger partial charge in [-0.3, -0.25) is 4.79 Å². The number of fused-ring (bicyclic) bond motifs is 2. The summed E-state index contributed by atoms with van der Waals surface area (Å²) in [6.07, 6.45) is 0. The second-order valence-electron chi connectivity index (χ2n) is 6.50. The first-order valence-corrected chi connectivity index (χ1v) is 9.39. The van der Waals surface area contributed by atoms with Gasteiger partial charge in [-0.2, -0.15) is 0 Å². The van der Waals surface area contributed by atoms with E-state index in [9.17, 15) is 4.79 Å². The van der Waals surface area contributed by atoms with E-state index in [-0.39, 0.29) is 5.91 Å². The predicted molar refractivity (Wildman–Crippen MR) is 106 cm³/mol. The molecule has 4 rings (SSSR count). The number of nitrogens with zero attached hydrogens (tertiary/aromatic N) is 2. The number of hydrogen-bond acceptors (Lipinski definition) is 3. The van der Waals surface area contributed by atoms with Crippen LogP contribution in [0.2, 0.25) is 5.02 Å². The van der Waals surface area contributed by atoms with Crippen molar-refractivity contribution in [3.63, 3.8) is 0 Å². The smallest absolute Gasteiger partial charge is 0.272 e. The van der Waals surface area contributed by atoms with Crippen molar-refractivity contribution in [3.05, 3.63) is 58.7 Å². The molecule has 5 nitrogen and oxygen atoms in total. The summed E-state index contributed by atoms with van der Waals surface area (Å²) in [7, 11) is 1.87. The van der Waals surface area contributed by atoms with E-state index >= 15 is 0 Å². The third-order valence-electron chi connectivity index (χ3n) is 4.93. The van der Waals surface area contributed by atoms with Gasteiger partial charge in [0.1, 0.15) is 18.9 Å². The Labute approximate surface area is 163 Å². The second-order valence-corrected chi connectivity index (χ2v) is 6.88. The van der Waals surface area contributed by atoms with Gasteiger partial charge in [-0.05, 0) is 19.1 Å². The fraction of sp³-hybridized carbons (Fsp3) is 0.286. The molecule has 1 aliphatic heterocycles. The van der Waals surface area contributed by atoms with Crippen LogP contribution in [-0.4, -0.2) is 35.1 Å². The van der Waals surface area contributed by atoms with Crippen molar-refractivity contribution in [3.8, 4) is 11.5 Å². The zero-order valence-corrected chi connectivity index (χ0v) is 16.1. The maximum absolute atomic E-state index is 13.3. The number of benzene rings is 2. The molecule has 6 heteroatoms. The molecule has 140 valence electrons. The monoisotopic (exact) mass is 384 g/mol. The highest BCUT2D eigenvalue weighted by Crippen LogP contribution is 2.35. The van der Waals surface area contributed by atoms with Crippen LogP contribution >= 0.6 is 11.6 Å². The highest BCUT2D eigenvalue weighted by molar-refractivity contribution is 6.38. The molecule has 0 N–H and O–H groups in total. The minimum absolute atomic E-state index is 0.101. The number of ether oxygens (including phenoxy) is 2. The van der Waals surface area contributed by atoms with Crippen LogP contribution in [0.3, 0.4) is 0 Å². The number of amides is 1. The fourth-order valence-corrected chi connectivity index (χ4v) is 3.89. The van der Waals surface area contributed by atoms with Gasteiger partial charge in [0, 0.05) is 36.6 Å². The van der Waals surface area contributed by atoms with Gasteiger partial charge in [0.05, 0.1) is 5.02 Å². The molecule has 0 unspecified atom stereocenters. The minimum atomic E-state index is -0.101. The summed E-state index contributed by atoms with van der Waals surface area (Å²) >= 11 is 6.56. The van der Waals surface area contributed by atoms with Crippen LogP contribution in [0.5, 0.6) is 11.5 Å². The Kier molecular flexibility index (Phi) is 4.70. The van der Waals surface area contributed by atoms with Crippen molar-refractivity contribution in [2.75, 3.05) is 19.8 Å². The molecule has 1 aromatic heterocycles. The summed E-state index contributed by atoms with van der Waals surface area (Å²) in [5, 5.41) is 1.38. The summed E-state index contributed by atoms with van der Waals surface area (Å²) in [5.41, 5.74) is 2.37. The van der Waals surface area contributed by atoms with Crippen LogP contribution in [-0.2, 0) is 13.6 Å². The third-order valence-corrected chi connectivity index (χ3v) is 5.31. The molecular formula is C21H21ClN2O3. The van der Waals surface area contributed by atoms with Gasteiger partial charge in [0.15, 0.2) is 11.5 Å². The zero-order chi connectivity index (χ0) is 19.0. The Morgan fingerprint density at radius 3 is 2.70 bits per heavy atom. The Balaban J connectivity index is 1.69. The van der Waals surface area contributed by atoms with E-state index in [1.54, 1.807) is 4.90 Å². The Morgan fingerprint density at radius 1 is 1.15 bits per heavy atom. The third kappa shape index (κ3) is 3.02. The van der Waals surface area contributed by atoms with E-state index in [0.717, 1.165) is 28.0 Å². The molecule has 0 spiro atoms. The van der Waals surface area contributed by atoms with Gasteiger partial charge < -0.3 is 18.9 Å². The lowest BCUT2D eigenvalue weighted by atomic mass is 10.1. The maximum Gasteiger partial charge on any atom is 0.272 e. The van der Waals surface area contributed by atoms with Crippen molar-refractivity contribution < 1.29 is 14.3 Å². The van der Waals surface area contributed by atoms with Gasteiger partial charge >= 0.3 is 0 Å². The molecule has 0 radical (unpaired) electrons. The number of halogens is 1. The molecule has 27 heavy (non-hydrogen) atoms. The molecule has 0 atom stereocenters. The standard InChI is InChI=1S/C21H21ClN2O3/c1-3-24(13-14-7-6-10-17-20(14)27-12-11-26-17)21(25)19-18(22)15-8-4-5-9-16(15)23(19)2/h4-10H,3,11-13H2,1-2H3. The van der Waals surface area contributed by atoms with Crippen molar-refractivity contribution in [2.45, 2.75) is 13.5 Å². The molecule has 0 aliphatic carbocycles. The quantitative estimate of drug-likeness (QED) is 0.674. The number of carbonyl (C=O) groups excluding carboxylic acids is 1. The molecular weight excluding hydrogens is 364 g/mol. The van der Waals surface area contributed by atoms with Gasteiger partial charge in [-0.25, -0.2) is 0 Å². The number of carbonyl (C=O) groups is 1. The summed E-state index contributed by atoms with van der Waals surface area (Å²) in [6.45, 7) is 4.00. The summed E-state index contributed by atoms with van der Waals surface area (Å²) in [4.78, 5) is 15.1. The number of aromatic nitrogens is 1. The largest absolute Gasteiger partial charge is 0.486 e. The lowest BCUT2D eigenvalue weighted by Crippen LogP contribution is -2.32. The van der Waals surface area contributed by atoms with Crippen molar-refractivity contribution in [1.29, 1.82) is 0 Å². The van der Waals surface area contributed by atoms with Crippen molar-refractivity contribution in [2.24, 2.45) is 7.05 Å². The van der Waals surface area contributed by atoms with E-state index in [4.69, 9.17) is 21.1 Å². The Morgan fingerprint density at radius 2 is 1.93 bits per heavy atom. The number of hydrogen-bond donors (Lipinski definition) is 0. The van der Waals surface area contributed by atoms with Gasteiger partial charge in [-0.1, -0.05) is 41.9 Å². The number of rotatable bonds is 4. The molecule has 2 heterocycles. The van der Waals surface area contributed by atoms with Crippen LogP contribution in [0.1, 0.15) is 23.0 Å². The van der Waals surface area contributed by atoms with Crippen LogP contribution in [0.15, 0.2) is 42.5 Å². The second kappa shape index (κ2) is 7.16. The zero-order valence-electron chi connectivity index (χ0n) is 15.4. The lowest BCUT2D eigenvalue weighted by molar-refractivity contribution is 0.0740. The maximum atomic E-state index is 13.3. The summed E-state index contributed by atoms with van der Waals surface area (Å²) in [6, 6.07) is 13.5. The molecule has 3 aromatic rings. The molecule has 0 saturated carbocycles. The van der Waals surface area contributed by atoms with E-state index in [0.29, 0.717) is 37.0 Å². The highest BCUT2D eigenvalue weighted by atomic mass is 35.5. The van der Waals surface area contributed by atoms with E-state index in [2.05, 4.69) is 0 Å². The first kappa shape index (κ1) is 17.7. The fourth-order valence-electron chi connectivity index (χ4n) is 3.53. The van der Waals surface area contributed by atoms with Crippen LogP contribution in [0.4, 0.5) is 0 Å². The molecule has 1 amide bonds. The SMILES string of the molecule is CCN(Cc1cccc2c1OCCO2)C(=O)c1c(Cl)c2ccccc2n1C. The first-order valence-electron chi connectivity index (χ1n) is 9.01. The van der Waals surface area contributed by atoms with Crippen molar-refractivity contribution in [1.82, 2.24) is 9.47 Å². The summed E-state index contributed by atoms with van der Waals surface area (Å²) < 4.78 is 13.3. The average molecular weight is 385 g/mol. The van der Waals surface area contributed by atoms with E-state index < -0.39 is 0 Å². The van der Waals surface area contributed by atoms with Crippen LogP contribution < -0.4 is 9.47 Å². The average Bonchev–Trinajstić information content (AvgIpc) is 2.96. The highest BCUT2D eigenvalue weighted by Gasteiger charge is 2.25. The Bertz CT molecular complexity index is 973. The lowest BCUT2D eigenvalue weighted by Gasteiger charge is -2.25. The van der Waals surface area contributed by atoms with Gasteiger partial charge in [0.25, 0.3) is 5.91 Å². The molecule has 0 fully saturated rings.